The zero-order valence-electron chi connectivity index (χ0n) is 8.68. The van der Waals surface area contributed by atoms with E-state index < -0.39 is 0 Å². The van der Waals surface area contributed by atoms with E-state index >= 15 is 0 Å². The van der Waals surface area contributed by atoms with Gasteiger partial charge in [-0.15, -0.1) is 0 Å². The molecule has 0 heterocycles. The van der Waals surface area contributed by atoms with E-state index in [2.05, 4.69) is 37.2 Å². The van der Waals surface area contributed by atoms with Crippen LogP contribution in [-0.2, 0) is 0 Å². The van der Waals surface area contributed by atoms with Gasteiger partial charge in [0, 0.05) is 20.9 Å². The van der Waals surface area contributed by atoms with Crippen molar-refractivity contribution in [3.8, 4) is 0 Å². The SMILES string of the molecule is CC(C)(CBr)NC(=O)c1cccc(Br)c1. The summed E-state index contributed by atoms with van der Waals surface area (Å²) in [5, 5.41) is 3.66. The minimum Gasteiger partial charge on any atom is -0.346 e. The third kappa shape index (κ3) is 3.95. The minimum atomic E-state index is -0.237. The Morgan fingerprint density at radius 2 is 2.13 bits per heavy atom. The van der Waals surface area contributed by atoms with Crippen LogP contribution < -0.4 is 5.32 Å². The van der Waals surface area contributed by atoms with E-state index in [1.165, 1.54) is 0 Å². The van der Waals surface area contributed by atoms with E-state index in [1.807, 2.05) is 26.0 Å². The van der Waals surface area contributed by atoms with Gasteiger partial charge in [-0.05, 0) is 32.0 Å². The van der Waals surface area contributed by atoms with Crippen LogP contribution in [0, 0.1) is 0 Å². The van der Waals surface area contributed by atoms with Crippen molar-refractivity contribution in [2.75, 3.05) is 5.33 Å². The number of carbonyl (C=O) groups is 1. The monoisotopic (exact) mass is 333 g/mol. The lowest BCUT2D eigenvalue weighted by atomic mass is 10.1. The largest absolute Gasteiger partial charge is 0.346 e. The first-order valence-electron chi connectivity index (χ1n) is 4.59. The van der Waals surface area contributed by atoms with Crippen molar-refractivity contribution in [1.82, 2.24) is 5.32 Å². The molecule has 0 radical (unpaired) electrons. The van der Waals surface area contributed by atoms with Gasteiger partial charge in [0.2, 0.25) is 0 Å². The molecule has 0 aliphatic carbocycles. The van der Waals surface area contributed by atoms with Gasteiger partial charge >= 0.3 is 0 Å². The van der Waals surface area contributed by atoms with E-state index in [-0.39, 0.29) is 11.4 Å². The van der Waals surface area contributed by atoms with Gasteiger partial charge in [-0.3, -0.25) is 4.79 Å². The first kappa shape index (κ1) is 12.7. The Morgan fingerprint density at radius 3 is 2.67 bits per heavy atom. The van der Waals surface area contributed by atoms with E-state index in [0.717, 1.165) is 9.80 Å². The Hall–Kier alpha value is -0.350. The Labute approximate surface area is 107 Å². The molecule has 1 rings (SSSR count). The zero-order valence-corrected chi connectivity index (χ0v) is 11.9. The van der Waals surface area contributed by atoms with Crippen LogP contribution in [0.2, 0.25) is 0 Å². The highest BCUT2D eigenvalue weighted by atomic mass is 79.9. The summed E-state index contributed by atoms with van der Waals surface area (Å²) in [4.78, 5) is 11.8. The second-order valence-corrected chi connectivity index (χ2v) is 5.46. The molecule has 0 aliphatic heterocycles. The van der Waals surface area contributed by atoms with Gasteiger partial charge in [-0.2, -0.15) is 0 Å². The lowest BCUT2D eigenvalue weighted by Gasteiger charge is -2.23. The molecule has 15 heavy (non-hydrogen) atoms. The summed E-state index contributed by atoms with van der Waals surface area (Å²) in [5.41, 5.74) is 0.428. The van der Waals surface area contributed by atoms with Crippen molar-refractivity contribution < 1.29 is 4.79 Å². The molecule has 0 unspecified atom stereocenters. The average Bonchev–Trinajstić information content (AvgIpc) is 2.17. The molecule has 1 aromatic carbocycles. The maximum absolute atomic E-state index is 11.8. The second kappa shape index (κ2) is 5.12. The van der Waals surface area contributed by atoms with E-state index in [9.17, 15) is 4.79 Å². The fourth-order valence-electron chi connectivity index (χ4n) is 1.04. The van der Waals surface area contributed by atoms with E-state index in [1.54, 1.807) is 12.1 Å². The number of rotatable bonds is 3. The molecule has 0 atom stereocenters. The first-order valence-corrected chi connectivity index (χ1v) is 6.50. The topological polar surface area (TPSA) is 29.1 Å². The third-order valence-electron chi connectivity index (χ3n) is 1.87. The molecular formula is C11H13Br2NO. The highest BCUT2D eigenvalue weighted by molar-refractivity contribution is 9.10. The summed E-state index contributed by atoms with van der Waals surface area (Å²) in [7, 11) is 0. The molecule has 1 aromatic rings. The molecule has 0 aliphatic rings. The maximum atomic E-state index is 11.8. The standard InChI is InChI=1S/C11H13Br2NO/c1-11(2,7-12)14-10(15)8-4-3-5-9(13)6-8/h3-6H,7H2,1-2H3,(H,14,15). The lowest BCUT2D eigenvalue weighted by molar-refractivity contribution is 0.0921. The molecule has 0 fully saturated rings. The Kier molecular flexibility index (Phi) is 4.34. The van der Waals surface area contributed by atoms with E-state index in [4.69, 9.17) is 0 Å². The van der Waals surface area contributed by atoms with Gasteiger partial charge in [-0.1, -0.05) is 37.9 Å². The number of nitrogens with one attached hydrogen (secondary N) is 1. The predicted octanol–water partition coefficient (Wildman–Crippen LogP) is 3.35. The molecule has 0 saturated heterocycles. The van der Waals surface area contributed by atoms with Crippen LogP contribution in [0.15, 0.2) is 28.7 Å². The van der Waals surface area contributed by atoms with Crippen LogP contribution in [0.25, 0.3) is 0 Å². The third-order valence-corrected chi connectivity index (χ3v) is 3.77. The number of hydrogen-bond donors (Lipinski definition) is 1. The molecule has 0 saturated carbocycles. The summed E-state index contributed by atoms with van der Waals surface area (Å²) < 4.78 is 0.909. The number of carbonyl (C=O) groups excluding carboxylic acids is 1. The molecule has 0 aromatic heterocycles. The quantitative estimate of drug-likeness (QED) is 0.844. The summed E-state index contributed by atoms with van der Waals surface area (Å²) >= 11 is 6.70. The van der Waals surface area contributed by atoms with Crippen molar-refractivity contribution in [2.45, 2.75) is 19.4 Å². The fraction of sp³-hybridized carbons (Fsp3) is 0.364. The Bertz CT molecular complexity index is 363. The van der Waals surface area contributed by atoms with Crippen LogP contribution in [0.4, 0.5) is 0 Å². The van der Waals surface area contributed by atoms with Crippen LogP contribution in [0.5, 0.6) is 0 Å². The number of benzene rings is 1. The average molecular weight is 335 g/mol. The van der Waals surface area contributed by atoms with Crippen molar-refractivity contribution in [3.63, 3.8) is 0 Å². The number of alkyl halides is 1. The maximum Gasteiger partial charge on any atom is 0.251 e. The van der Waals surface area contributed by atoms with Crippen LogP contribution in [0.1, 0.15) is 24.2 Å². The van der Waals surface area contributed by atoms with Crippen molar-refractivity contribution in [3.05, 3.63) is 34.3 Å². The normalized spacial score (nSPS) is 11.2. The molecular weight excluding hydrogens is 322 g/mol. The van der Waals surface area contributed by atoms with Crippen molar-refractivity contribution in [2.24, 2.45) is 0 Å². The highest BCUT2D eigenvalue weighted by Gasteiger charge is 2.19. The number of amides is 1. The fourth-order valence-corrected chi connectivity index (χ4v) is 1.58. The first-order chi connectivity index (χ1) is 6.94. The van der Waals surface area contributed by atoms with Crippen molar-refractivity contribution in [1.29, 1.82) is 0 Å². The molecule has 1 N–H and O–H groups in total. The summed E-state index contributed by atoms with van der Waals surface area (Å²) in [6, 6.07) is 7.34. The van der Waals surface area contributed by atoms with Crippen LogP contribution in [0.3, 0.4) is 0 Å². The summed E-state index contributed by atoms with van der Waals surface area (Å²) in [5.74, 6) is -0.0549. The van der Waals surface area contributed by atoms with Crippen LogP contribution in [-0.4, -0.2) is 16.8 Å². The molecule has 4 heteroatoms. The molecule has 1 amide bonds. The molecule has 82 valence electrons. The number of halogens is 2. The van der Waals surface area contributed by atoms with Gasteiger partial charge in [0.1, 0.15) is 0 Å². The number of hydrogen-bond acceptors (Lipinski definition) is 1. The van der Waals surface area contributed by atoms with Gasteiger partial charge < -0.3 is 5.32 Å². The zero-order chi connectivity index (χ0) is 11.5. The molecule has 0 spiro atoms. The van der Waals surface area contributed by atoms with Gasteiger partial charge in [0.05, 0.1) is 0 Å². The minimum absolute atomic E-state index is 0.0549. The van der Waals surface area contributed by atoms with Crippen molar-refractivity contribution >= 4 is 37.8 Å². The smallest absolute Gasteiger partial charge is 0.251 e. The van der Waals surface area contributed by atoms with Gasteiger partial charge in [0.15, 0.2) is 0 Å². The predicted molar refractivity (Wildman–Crippen MR) is 69.5 cm³/mol. The Morgan fingerprint density at radius 1 is 1.47 bits per heavy atom. The summed E-state index contributed by atoms with van der Waals surface area (Å²) in [6.07, 6.45) is 0. The van der Waals surface area contributed by atoms with Crippen LogP contribution >= 0.6 is 31.9 Å². The summed E-state index contributed by atoms with van der Waals surface area (Å²) in [6.45, 7) is 3.94. The Balaban J connectivity index is 2.78. The molecule has 2 nitrogen and oxygen atoms in total. The second-order valence-electron chi connectivity index (χ2n) is 3.98. The van der Waals surface area contributed by atoms with Gasteiger partial charge in [-0.25, -0.2) is 0 Å². The highest BCUT2D eigenvalue weighted by Crippen LogP contribution is 2.13. The molecule has 0 bridgehead atoms. The lowest BCUT2D eigenvalue weighted by Crippen LogP contribution is -2.44. The van der Waals surface area contributed by atoms with Gasteiger partial charge in [0.25, 0.3) is 5.91 Å². The van der Waals surface area contributed by atoms with E-state index in [0.29, 0.717) is 5.56 Å².